The molecule has 0 saturated heterocycles. The third kappa shape index (κ3) is 3.06. The summed E-state index contributed by atoms with van der Waals surface area (Å²) < 4.78 is 0. The van der Waals surface area contributed by atoms with Crippen LogP contribution in [0.1, 0.15) is 22.3 Å². The van der Waals surface area contributed by atoms with Crippen molar-refractivity contribution in [3.63, 3.8) is 0 Å². The molecule has 0 aliphatic carbocycles. The Labute approximate surface area is 102 Å². The molecule has 0 amide bonds. The van der Waals surface area contributed by atoms with E-state index in [1.54, 1.807) is 0 Å². The quantitative estimate of drug-likeness (QED) is 0.699. The molecule has 17 heavy (non-hydrogen) atoms. The molecule has 1 heteroatoms. The van der Waals surface area contributed by atoms with Crippen molar-refractivity contribution >= 4 is 12.2 Å². The van der Waals surface area contributed by atoms with Crippen molar-refractivity contribution in [1.29, 1.82) is 5.26 Å². The lowest BCUT2D eigenvalue weighted by Crippen LogP contribution is -1.77. The molecule has 0 atom stereocenters. The van der Waals surface area contributed by atoms with Gasteiger partial charge >= 0.3 is 0 Å². The minimum atomic E-state index is 0.691. The monoisotopic (exact) mass is 219 g/mol. The fourth-order valence-electron chi connectivity index (χ4n) is 1.58. The van der Waals surface area contributed by atoms with Gasteiger partial charge in [-0.15, -0.1) is 0 Å². The summed E-state index contributed by atoms with van der Waals surface area (Å²) >= 11 is 0. The van der Waals surface area contributed by atoms with Gasteiger partial charge in [-0.05, 0) is 30.2 Å². The van der Waals surface area contributed by atoms with Gasteiger partial charge in [-0.25, -0.2) is 0 Å². The first-order chi connectivity index (χ1) is 8.28. The number of hydrogen-bond acceptors (Lipinski definition) is 1. The fourth-order valence-corrected chi connectivity index (χ4v) is 1.58. The van der Waals surface area contributed by atoms with Gasteiger partial charge in [0.05, 0.1) is 11.6 Å². The molecular formula is C16H13N. The van der Waals surface area contributed by atoms with E-state index in [-0.39, 0.29) is 0 Å². The molecule has 0 unspecified atom stereocenters. The number of aryl methyl sites for hydroxylation is 1. The van der Waals surface area contributed by atoms with Crippen LogP contribution in [-0.4, -0.2) is 0 Å². The summed E-state index contributed by atoms with van der Waals surface area (Å²) in [4.78, 5) is 0. The van der Waals surface area contributed by atoms with Crippen LogP contribution in [0.4, 0.5) is 0 Å². The second-order valence-corrected chi connectivity index (χ2v) is 3.98. The minimum Gasteiger partial charge on any atom is -0.192 e. The van der Waals surface area contributed by atoms with Crippen molar-refractivity contribution in [3.05, 3.63) is 70.8 Å². The zero-order valence-electron chi connectivity index (χ0n) is 9.72. The SMILES string of the molecule is Cc1ccc(C=Cc2cccc(C#N)c2)cc1. The van der Waals surface area contributed by atoms with Gasteiger partial charge in [-0.2, -0.15) is 5.26 Å². The summed E-state index contributed by atoms with van der Waals surface area (Å²) in [5.41, 5.74) is 4.16. The number of hydrogen-bond donors (Lipinski definition) is 0. The number of rotatable bonds is 2. The topological polar surface area (TPSA) is 23.8 Å². The zero-order chi connectivity index (χ0) is 12.1. The predicted octanol–water partition coefficient (Wildman–Crippen LogP) is 4.04. The van der Waals surface area contributed by atoms with E-state index in [4.69, 9.17) is 5.26 Å². The predicted molar refractivity (Wildman–Crippen MR) is 71.3 cm³/mol. The summed E-state index contributed by atoms with van der Waals surface area (Å²) in [5, 5.41) is 8.80. The third-order valence-corrected chi connectivity index (χ3v) is 2.56. The first-order valence-corrected chi connectivity index (χ1v) is 5.53. The molecule has 0 aromatic heterocycles. The second kappa shape index (κ2) is 5.14. The highest BCUT2D eigenvalue weighted by atomic mass is 14.2. The molecule has 2 rings (SSSR count). The maximum absolute atomic E-state index is 8.80. The first-order valence-electron chi connectivity index (χ1n) is 5.53. The van der Waals surface area contributed by atoms with Crippen LogP contribution < -0.4 is 0 Å². The van der Waals surface area contributed by atoms with Gasteiger partial charge < -0.3 is 0 Å². The van der Waals surface area contributed by atoms with E-state index in [0.717, 1.165) is 11.1 Å². The van der Waals surface area contributed by atoms with Crippen molar-refractivity contribution in [1.82, 2.24) is 0 Å². The summed E-state index contributed by atoms with van der Waals surface area (Å²) in [6.45, 7) is 2.07. The van der Waals surface area contributed by atoms with Crippen molar-refractivity contribution in [2.75, 3.05) is 0 Å². The summed E-state index contributed by atoms with van der Waals surface area (Å²) in [6, 6.07) is 18.1. The molecule has 82 valence electrons. The molecule has 0 bridgehead atoms. The Morgan fingerprint density at radius 2 is 1.65 bits per heavy atom. The van der Waals surface area contributed by atoms with Crippen LogP contribution in [0.3, 0.4) is 0 Å². The van der Waals surface area contributed by atoms with E-state index < -0.39 is 0 Å². The lowest BCUT2D eigenvalue weighted by atomic mass is 10.1. The maximum atomic E-state index is 8.80. The first kappa shape index (κ1) is 11.2. The smallest absolute Gasteiger partial charge is 0.0991 e. The van der Waals surface area contributed by atoms with Crippen molar-refractivity contribution in [2.45, 2.75) is 6.92 Å². The molecule has 0 saturated carbocycles. The van der Waals surface area contributed by atoms with Crippen LogP contribution >= 0.6 is 0 Å². The van der Waals surface area contributed by atoms with Gasteiger partial charge in [0.2, 0.25) is 0 Å². The Morgan fingerprint density at radius 3 is 2.35 bits per heavy atom. The molecule has 2 aromatic rings. The molecule has 0 radical (unpaired) electrons. The molecule has 0 fully saturated rings. The van der Waals surface area contributed by atoms with Gasteiger partial charge in [0.1, 0.15) is 0 Å². The van der Waals surface area contributed by atoms with Crippen molar-refractivity contribution in [2.24, 2.45) is 0 Å². The highest BCUT2D eigenvalue weighted by molar-refractivity contribution is 5.70. The van der Waals surface area contributed by atoms with Gasteiger partial charge in [0, 0.05) is 0 Å². The average molecular weight is 219 g/mol. The van der Waals surface area contributed by atoms with E-state index in [0.29, 0.717) is 5.56 Å². The molecule has 0 aliphatic rings. The fraction of sp³-hybridized carbons (Fsp3) is 0.0625. The minimum absolute atomic E-state index is 0.691. The Balaban J connectivity index is 2.20. The number of nitriles is 1. The summed E-state index contributed by atoms with van der Waals surface area (Å²) in [6.07, 6.45) is 4.07. The van der Waals surface area contributed by atoms with Crippen LogP contribution in [0.15, 0.2) is 48.5 Å². The molecule has 0 N–H and O–H groups in total. The summed E-state index contributed by atoms with van der Waals surface area (Å²) in [5.74, 6) is 0. The molecule has 0 spiro atoms. The van der Waals surface area contributed by atoms with Gasteiger partial charge in [-0.1, -0.05) is 54.1 Å². The van der Waals surface area contributed by atoms with Crippen molar-refractivity contribution in [3.8, 4) is 6.07 Å². The van der Waals surface area contributed by atoms with E-state index in [9.17, 15) is 0 Å². The highest BCUT2D eigenvalue weighted by Crippen LogP contribution is 2.10. The molecule has 1 nitrogen and oxygen atoms in total. The van der Waals surface area contributed by atoms with E-state index in [1.807, 2.05) is 30.3 Å². The van der Waals surface area contributed by atoms with Crippen LogP contribution in [0.2, 0.25) is 0 Å². The van der Waals surface area contributed by atoms with E-state index >= 15 is 0 Å². The van der Waals surface area contributed by atoms with E-state index in [2.05, 4.69) is 43.3 Å². The van der Waals surface area contributed by atoms with E-state index in [1.165, 1.54) is 5.56 Å². The Hall–Kier alpha value is -2.33. The Kier molecular flexibility index (Phi) is 3.37. The molecular weight excluding hydrogens is 206 g/mol. The average Bonchev–Trinajstić information content (AvgIpc) is 2.38. The van der Waals surface area contributed by atoms with Gasteiger partial charge in [-0.3, -0.25) is 0 Å². The summed E-state index contributed by atoms with van der Waals surface area (Å²) in [7, 11) is 0. The Bertz CT molecular complexity index is 571. The van der Waals surface area contributed by atoms with Crippen LogP contribution in [0.25, 0.3) is 12.2 Å². The highest BCUT2D eigenvalue weighted by Gasteiger charge is 1.91. The maximum Gasteiger partial charge on any atom is 0.0991 e. The van der Waals surface area contributed by atoms with Crippen molar-refractivity contribution < 1.29 is 0 Å². The lowest BCUT2D eigenvalue weighted by Gasteiger charge is -1.96. The Morgan fingerprint density at radius 1 is 0.941 bits per heavy atom. The van der Waals surface area contributed by atoms with Gasteiger partial charge in [0.25, 0.3) is 0 Å². The molecule has 0 aliphatic heterocycles. The van der Waals surface area contributed by atoms with Crippen LogP contribution in [-0.2, 0) is 0 Å². The lowest BCUT2D eigenvalue weighted by molar-refractivity contribution is 1.46. The van der Waals surface area contributed by atoms with Crippen LogP contribution in [0.5, 0.6) is 0 Å². The largest absolute Gasteiger partial charge is 0.192 e. The van der Waals surface area contributed by atoms with Crippen LogP contribution in [0, 0.1) is 18.3 Å². The zero-order valence-corrected chi connectivity index (χ0v) is 9.72. The number of benzene rings is 2. The molecule has 2 aromatic carbocycles. The second-order valence-electron chi connectivity index (χ2n) is 3.98. The normalized spacial score (nSPS) is 10.4. The number of nitrogens with zero attached hydrogens (tertiary/aromatic N) is 1. The standard InChI is InChI=1S/C16H13N/c1-13-5-7-14(8-6-13)9-10-15-3-2-4-16(11-15)12-17/h2-11H,1H3. The van der Waals surface area contributed by atoms with Gasteiger partial charge in [0.15, 0.2) is 0 Å². The third-order valence-electron chi connectivity index (χ3n) is 2.56. The molecule has 0 heterocycles.